The summed E-state index contributed by atoms with van der Waals surface area (Å²) in [6.45, 7) is 16.7. The Kier molecular flexibility index (Phi) is 9.48. The number of alkyl carbamates (subject to hydrolysis) is 1. The van der Waals surface area contributed by atoms with E-state index in [2.05, 4.69) is 20.9 Å². The van der Waals surface area contributed by atoms with Crippen LogP contribution in [0.15, 0.2) is 68.1 Å². The number of aliphatic imine (C=N–C) groups is 1. The number of carbonyl (C=O) groups excluding carboxylic acids is 2. The second-order valence-corrected chi connectivity index (χ2v) is 18.7. The van der Waals surface area contributed by atoms with Crippen molar-refractivity contribution in [2.45, 2.75) is 96.7 Å². The number of hydrogen-bond donors (Lipinski definition) is 3. The molecule has 54 heavy (non-hydrogen) atoms. The second kappa shape index (κ2) is 13.1. The average Bonchev–Trinajstić information content (AvgIpc) is 3.39. The molecule has 2 atom stereocenters. The van der Waals surface area contributed by atoms with E-state index in [4.69, 9.17) is 9.47 Å². The predicted octanol–water partition coefficient (Wildman–Crippen LogP) is 4.63. The third kappa shape index (κ3) is 6.95. The van der Waals surface area contributed by atoms with Gasteiger partial charge in [0.1, 0.15) is 41.7 Å². The lowest BCUT2D eigenvalue weighted by Gasteiger charge is -2.36. The predicted molar refractivity (Wildman–Crippen MR) is 200 cm³/mol. The molecule has 1 aliphatic carbocycles. The monoisotopic (exact) mass is 780 g/mol. The Morgan fingerprint density at radius 2 is 1.63 bits per heavy atom. The summed E-state index contributed by atoms with van der Waals surface area (Å²) < 4.78 is 90.1. The van der Waals surface area contributed by atoms with Crippen LogP contribution in [0.25, 0.3) is 5.57 Å². The van der Waals surface area contributed by atoms with Crippen molar-refractivity contribution in [3.05, 3.63) is 80.5 Å². The zero-order valence-electron chi connectivity index (χ0n) is 31.6. The lowest BCUT2D eigenvalue weighted by atomic mass is 9.75. The van der Waals surface area contributed by atoms with Gasteiger partial charge in [-0.2, -0.15) is 0 Å². The van der Waals surface area contributed by atoms with E-state index >= 15 is 0 Å². The van der Waals surface area contributed by atoms with Gasteiger partial charge in [0.25, 0.3) is 0 Å². The fourth-order valence-corrected chi connectivity index (χ4v) is 8.81. The average molecular weight is 781 g/mol. The van der Waals surface area contributed by atoms with Crippen LogP contribution < -0.4 is 20.7 Å². The van der Waals surface area contributed by atoms with E-state index in [1.807, 2.05) is 34.6 Å². The van der Waals surface area contributed by atoms with Crippen LogP contribution in [0.5, 0.6) is 5.75 Å². The largest absolute Gasteiger partial charge is 0.744 e. The summed E-state index contributed by atoms with van der Waals surface area (Å²) in [5.41, 5.74) is 1.57. The molecule has 16 heteroatoms. The molecule has 2 aromatic carbocycles. The van der Waals surface area contributed by atoms with Crippen molar-refractivity contribution in [2.24, 2.45) is 10.4 Å². The topological polar surface area (TPSA) is 215 Å². The van der Waals surface area contributed by atoms with Gasteiger partial charge in [0.2, 0.25) is 5.91 Å². The van der Waals surface area contributed by atoms with Crippen molar-refractivity contribution in [3.8, 4) is 5.75 Å². The molecule has 0 radical (unpaired) electrons. The molecule has 0 spiro atoms. The highest BCUT2D eigenvalue weighted by molar-refractivity contribution is 7.89. The first kappa shape index (κ1) is 39.2. The normalized spacial score (nSPS) is 21.1. The summed E-state index contributed by atoms with van der Waals surface area (Å²) in [7, 11) is -10.5. The Morgan fingerprint density at radius 3 is 2.22 bits per heavy atom. The molecule has 0 saturated carbocycles. The minimum absolute atomic E-state index is 0.0115. The summed E-state index contributed by atoms with van der Waals surface area (Å²) in [4.78, 5) is 27.9. The zero-order valence-corrected chi connectivity index (χ0v) is 33.2. The highest BCUT2D eigenvalue weighted by atomic mass is 32.2. The van der Waals surface area contributed by atoms with Gasteiger partial charge in [-0.25, -0.2) is 21.6 Å². The van der Waals surface area contributed by atoms with Crippen molar-refractivity contribution >= 4 is 49.2 Å². The van der Waals surface area contributed by atoms with Gasteiger partial charge in [-0.1, -0.05) is 52.0 Å². The minimum atomic E-state index is -5.26. The van der Waals surface area contributed by atoms with Gasteiger partial charge in [0, 0.05) is 52.4 Å². The standard InChI is InChI=1S/C38H46N4O10S2/c1-19-37(6,7)25-17-23-28(22-12-10-21(11-13-22)16-27(43)39-14-15-40-35(44)52-36(3,4)5)24-18-26-30(42-20(2)38(26,8)9)34(54(48,49)50)32(24)51-31(23)33(29(25)41-19)53(45,46)47/h10-13,17-19,30,41H,14-16H2,1-9H3,(H,39,43)(H,40,44)(H,45,46,47)(H,48,49,50)/p-2. The molecular formula is C38H44N4O10S2-2. The van der Waals surface area contributed by atoms with Crippen LogP contribution in [0, 0.1) is 5.41 Å². The Hall–Kier alpha value is -4.51. The molecule has 3 heterocycles. The van der Waals surface area contributed by atoms with Gasteiger partial charge in [0.15, 0.2) is 11.5 Å². The first-order valence-corrected chi connectivity index (χ1v) is 20.3. The number of hydrogen-bond acceptors (Lipinski definition) is 12. The van der Waals surface area contributed by atoms with Crippen LogP contribution in [-0.2, 0) is 41.6 Å². The third-order valence-corrected chi connectivity index (χ3v) is 12.5. The van der Waals surface area contributed by atoms with E-state index in [0.29, 0.717) is 33.5 Å². The van der Waals surface area contributed by atoms with Crippen LogP contribution in [0.4, 0.5) is 10.5 Å². The van der Waals surface area contributed by atoms with E-state index in [1.165, 1.54) is 0 Å². The summed E-state index contributed by atoms with van der Waals surface area (Å²) in [6, 6.07) is 7.03. The Labute approximate surface area is 315 Å². The van der Waals surface area contributed by atoms with E-state index in [9.17, 15) is 35.5 Å². The lowest BCUT2D eigenvalue weighted by molar-refractivity contribution is -0.120. The van der Waals surface area contributed by atoms with Crippen LogP contribution >= 0.6 is 0 Å². The first-order chi connectivity index (χ1) is 24.8. The van der Waals surface area contributed by atoms with Crippen molar-refractivity contribution in [3.63, 3.8) is 0 Å². The summed E-state index contributed by atoms with van der Waals surface area (Å²) in [6.07, 6.45) is 1.13. The van der Waals surface area contributed by atoms with Crippen molar-refractivity contribution < 1.29 is 45.0 Å². The summed E-state index contributed by atoms with van der Waals surface area (Å²) >= 11 is 0. The maximum absolute atomic E-state index is 13.1. The molecule has 0 saturated heterocycles. The molecule has 3 aliphatic heterocycles. The number of ether oxygens (including phenoxy) is 2. The fraction of sp³-hybridized carbons (Fsp3) is 0.447. The van der Waals surface area contributed by atoms with Gasteiger partial charge >= 0.3 is 6.09 Å². The van der Waals surface area contributed by atoms with Crippen molar-refractivity contribution in [2.75, 3.05) is 18.4 Å². The molecule has 2 amide bonds. The van der Waals surface area contributed by atoms with E-state index in [-0.39, 0.29) is 48.3 Å². The fourth-order valence-electron chi connectivity index (χ4n) is 7.18. The van der Waals surface area contributed by atoms with Crippen LogP contribution in [-0.4, -0.2) is 74.4 Å². The molecule has 2 unspecified atom stereocenters. The van der Waals surface area contributed by atoms with Gasteiger partial charge < -0.3 is 34.5 Å². The molecule has 14 nitrogen and oxygen atoms in total. The van der Waals surface area contributed by atoms with Crippen LogP contribution in [0.2, 0.25) is 0 Å². The molecule has 290 valence electrons. The Morgan fingerprint density at radius 1 is 1.00 bits per heavy atom. The molecule has 3 N–H and O–H groups in total. The third-order valence-electron chi connectivity index (χ3n) is 10.6. The lowest BCUT2D eigenvalue weighted by Crippen LogP contribution is -2.38. The summed E-state index contributed by atoms with van der Waals surface area (Å²) in [5, 5.41) is 8.45. The van der Waals surface area contributed by atoms with Crippen LogP contribution in [0.1, 0.15) is 84.6 Å². The number of nitrogens with zero attached hydrogens (tertiary/aromatic N) is 1. The summed E-state index contributed by atoms with van der Waals surface area (Å²) in [5.74, 6) is -1.10. The van der Waals surface area contributed by atoms with E-state index < -0.39 is 70.1 Å². The second-order valence-electron chi connectivity index (χ2n) is 16.1. The van der Waals surface area contributed by atoms with Gasteiger partial charge in [-0.3, -0.25) is 9.79 Å². The van der Waals surface area contributed by atoms with Crippen LogP contribution in [0.3, 0.4) is 0 Å². The molecule has 2 aromatic rings. The van der Waals surface area contributed by atoms with E-state index in [0.717, 1.165) is 0 Å². The number of nitrogens with one attached hydrogen (secondary N) is 3. The quantitative estimate of drug-likeness (QED) is 0.248. The highest BCUT2D eigenvalue weighted by Gasteiger charge is 2.49. The van der Waals surface area contributed by atoms with Gasteiger partial charge in [-0.05, 0) is 69.0 Å². The molecule has 0 fully saturated rings. The number of benzene rings is 2. The number of allylic oxidation sites excluding steroid dienone is 1. The highest BCUT2D eigenvalue weighted by Crippen LogP contribution is 2.57. The van der Waals surface area contributed by atoms with Crippen molar-refractivity contribution in [1.29, 1.82) is 0 Å². The smallest absolute Gasteiger partial charge is 0.407 e. The molecule has 4 aliphatic rings. The first-order valence-electron chi connectivity index (χ1n) is 17.5. The minimum Gasteiger partial charge on any atom is -0.744 e. The number of amides is 2. The number of rotatable bonds is 8. The van der Waals surface area contributed by atoms with Gasteiger partial charge in [0.05, 0.1) is 12.1 Å². The number of carbonyl (C=O) groups is 2. The Bertz CT molecular complexity index is 2330. The van der Waals surface area contributed by atoms with E-state index in [1.54, 1.807) is 64.1 Å². The maximum atomic E-state index is 13.1. The zero-order chi connectivity index (χ0) is 39.9. The molecule has 0 aromatic heterocycles. The van der Waals surface area contributed by atoms with Crippen molar-refractivity contribution in [1.82, 2.24) is 10.6 Å². The molecule has 0 bridgehead atoms. The SMILES string of the molecule is CC1=NC2C(=CC3=C(c4ccc(CC(=O)NCCNC(=O)OC(C)(C)C)cc4)c4cc5c(c(S(=O)(=O)[O-])c4OC3=C2S(=O)(=O)[O-])NC(C)C5(C)C)C1(C)C. The number of anilines is 1. The number of fused-ring (bicyclic) bond motifs is 4. The Balaban J connectivity index is 1.47. The molecular weight excluding hydrogens is 737 g/mol. The maximum Gasteiger partial charge on any atom is 0.407 e. The molecule has 6 rings (SSSR count). The van der Waals surface area contributed by atoms with Gasteiger partial charge in [-0.15, -0.1) is 0 Å².